The van der Waals surface area contributed by atoms with Crippen LogP contribution in [0.2, 0.25) is 0 Å². The fraction of sp³-hybridized carbons (Fsp3) is 0.405. The number of benzene rings is 2. The molecule has 3 heteroatoms. The van der Waals surface area contributed by atoms with E-state index in [0.717, 1.165) is 79.3 Å². The van der Waals surface area contributed by atoms with Crippen LogP contribution in [0, 0.1) is 19.8 Å². The Balaban J connectivity index is 1.14. The Hall–Kier alpha value is -3.85. The third kappa shape index (κ3) is 7.35. The molecule has 2 unspecified atom stereocenters. The maximum atomic E-state index is 13.0. The van der Waals surface area contributed by atoms with E-state index in [2.05, 4.69) is 82.2 Å². The standard InChI is InChI=1S/C42H48N2O/c1-5-31-21-30(4)42(44-27-31)39-17-13-33(12-11-28(39)2)23-34-19-20-43-40-26-35(14-15-36(40)24-34)38-18-16-37(22-29(38)3)41(45)25-32-9-7-6-8-10-32/h14-16,18,20-23,25-27,33,39H,2,5-13,17,19,24H2,1,3-4H3/b34-23+. The number of ketones is 1. The number of allylic oxidation sites excluding steroid dienone is 5. The van der Waals surface area contributed by atoms with Gasteiger partial charge in [-0.3, -0.25) is 14.8 Å². The van der Waals surface area contributed by atoms with Crippen LogP contribution in [0.1, 0.15) is 115 Å². The van der Waals surface area contributed by atoms with Gasteiger partial charge in [-0.05, 0) is 136 Å². The molecule has 2 atom stereocenters. The van der Waals surface area contributed by atoms with Gasteiger partial charge in [0.05, 0.1) is 11.4 Å². The van der Waals surface area contributed by atoms with E-state index >= 15 is 0 Å². The van der Waals surface area contributed by atoms with Gasteiger partial charge in [0.15, 0.2) is 5.78 Å². The summed E-state index contributed by atoms with van der Waals surface area (Å²) in [5, 5.41) is 0. The zero-order valence-corrected chi connectivity index (χ0v) is 27.5. The molecule has 3 aromatic rings. The molecule has 3 aliphatic rings. The maximum Gasteiger partial charge on any atom is 0.185 e. The van der Waals surface area contributed by atoms with Crippen molar-refractivity contribution in [3.8, 4) is 11.1 Å². The summed E-state index contributed by atoms with van der Waals surface area (Å²) in [7, 11) is 0. The summed E-state index contributed by atoms with van der Waals surface area (Å²) in [6.45, 7) is 11.0. The first-order chi connectivity index (χ1) is 21.9. The largest absolute Gasteiger partial charge is 0.289 e. The lowest BCUT2D eigenvalue weighted by atomic mass is 9.88. The normalized spacial score (nSPS) is 21.3. The van der Waals surface area contributed by atoms with E-state index in [0.29, 0.717) is 11.8 Å². The van der Waals surface area contributed by atoms with Gasteiger partial charge in [-0.25, -0.2) is 0 Å². The zero-order chi connectivity index (χ0) is 31.3. The van der Waals surface area contributed by atoms with Gasteiger partial charge in [0, 0.05) is 30.3 Å². The van der Waals surface area contributed by atoms with Crippen LogP contribution in [0.4, 0.5) is 5.69 Å². The smallest absolute Gasteiger partial charge is 0.185 e. The van der Waals surface area contributed by atoms with Crippen molar-refractivity contribution >= 4 is 17.7 Å². The number of aryl methyl sites for hydroxylation is 3. The van der Waals surface area contributed by atoms with Crippen molar-refractivity contribution in [2.75, 3.05) is 0 Å². The maximum absolute atomic E-state index is 13.0. The number of hydrogen-bond acceptors (Lipinski definition) is 3. The van der Waals surface area contributed by atoms with Gasteiger partial charge in [-0.15, -0.1) is 0 Å². The molecule has 2 aromatic carbocycles. The number of aromatic nitrogens is 1. The molecule has 2 aliphatic carbocycles. The van der Waals surface area contributed by atoms with Crippen LogP contribution in [-0.4, -0.2) is 17.0 Å². The number of rotatable bonds is 6. The highest BCUT2D eigenvalue weighted by molar-refractivity contribution is 6.05. The average molecular weight is 597 g/mol. The van der Waals surface area contributed by atoms with Crippen molar-refractivity contribution in [3.63, 3.8) is 0 Å². The van der Waals surface area contributed by atoms with Crippen molar-refractivity contribution in [1.29, 1.82) is 0 Å². The molecule has 1 aliphatic heterocycles. The summed E-state index contributed by atoms with van der Waals surface area (Å²) in [5.41, 5.74) is 14.5. The minimum absolute atomic E-state index is 0.137. The van der Waals surface area contributed by atoms with Crippen LogP contribution in [0.25, 0.3) is 11.1 Å². The van der Waals surface area contributed by atoms with Gasteiger partial charge in [-0.2, -0.15) is 0 Å². The molecule has 1 aromatic heterocycles. The van der Waals surface area contributed by atoms with Crippen molar-refractivity contribution in [3.05, 3.63) is 118 Å². The molecular weight excluding hydrogens is 548 g/mol. The summed E-state index contributed by atoms with van der Waals surface area (Å²) in [6.07, 6.45) is 21.8. The molecule has 0 bridgehead atoms. The third-order valence-corrected chi connectivity index (χ3v) is 10.3. The van der Waals surface area contributed by atoms with Gasteiger partial charge in [0.1, 0.15) is 0 Å². The second-order valence-electron chi connectivity index (χ2n) is 13.6. The summed E-state index contributed by atoms with van der Waals surface area (Å²) < 4.78 is 0. The number of aliphatic imine (C=N–C) groups is 1. The molecule has 3 nitrogen and oxygen atoms in total. The van der Waals surface area contributed by atoms with E-state index in [9.17, 15) is 4.79 Å². The lowest BCUT2D eigenvalue weighted by molar-refractivity contribution is 0.104. The average Bonchev–Trinajstić information content (AvgIpc) is 3.36. The monoisotopic (exact) mass is 596 g/mol. The molecule has 0 radical (unpaired) electrons. The molecule has 2 heterocycles. The number of hydrogen-bond donors (Lipinski definition) is 0. The Kier molecular flexibility index (Phi) is 9.73. The summed E-state index contributed by atoms with van der Waals surface area (Å²) in [5.74, 6) is 1.06. The van der Waals surface area contributed by atoms with Crippen molar-refractivity contribution in [2.45, 2.75) is 104 Å². The molecule has 6 rings (SSSR count). The number of nitrogens with zero attached hydrogens (tertiary/aromatic N) is 2. The van der Waals surface area contributed by atoms with Crippen molar-refractivity contribution in [1.82, 2.24) is 4.98 Å². The van der Waals surface area contributed by atoms with E-state index in [1.54, 1.807) is 0 Å². The van der Waals surface area contributed by atoms with E-state index < -0.39 is 0 Å². The van der Waals surface area contributed by atoms with Crippen LogP contribution in [0.15, 0.2) is 89.1 Å². The van der Waals surface area contributed by atoms with Crippen LogP contribution in [0.5, 0.6) is 0 Å². The Labute approximate surface area is 270 Å². The highest BCUT2D eigenvalue weighted by atomic mass is 16.1. The van der Waals surface area contributed by atoms with Crippen LogP contribution in [0.3, 0.4) is 0 Å². The second-order valence-corrected chi connectivity index (χ2v) is 13.6. The van der Waals surface area contributed by atoms with E-state index in [1.807, 2.05) is 12.1 Å². The van der Waals surface area contributed by atoms with Crippen molar-refractivity contribution in [2.24, 2.45) is 10.9 Å². The van der Waals surface area contributed by atoms with Crippen molar-refractivity contribution < 1.29 is 4.79 Å². The summed E-state index contributed by atoms with van der Waals surface area (Å²) in [4.78, 5) is 22.8. The first kappa shape index (κ1) is 31.1. The number of carbonyl (C=O) groups is 1. The lowest BCUT2D eigenvalue weighted by Crippen LogP contribution is -2.06. The highest BCUT2D eigenvalue weighted by Crippen LogP contribution is 2.39. The van der Waals surface area contributed by atoms with E-state index in [1.165, 1.54) is 64.8 Å². The van der Waals surface area contributed by atoms with Crippen LogP contribution < -0.4 is 0 Å². The van der Waals surface area contributed by atoms with Gasteiger partial charge < -0.3 is 0 Å². The molecule has 232 valence electrons. The van der Waals surface area contributed by atoms with E-state index in [4.69, 9.17) is 9.98 Å². The number of fused-ring (bicyclic) bond motifs is 1. The van der Waals surface area contributed by atoms with Gasteiger partial charge in [-0.1, -0.05) is 73.1 Å². The van der Waals surface area contributed by atoms with E-state index in [-0.39, 0.29) is 5.78 Å². The van der Waals surface area contributed by atoms with Crippen LogP contribution >= 0.6 is 0 Å². The highest BCUT2D eigenvalue weighted by Gasteiger charge is 2.25. The molecule has 45 heavy (non-hydrogen) atoms. The molecule has 0 saturated heterocycles. The molecule has 0 amide bonds. The third-order valence-electron chi connectivity index (χ3n) is 10.3. The quantitative estimate of drug-likeness (QED) is 0.123. The fourth-order valence-corrected chi connectivity index (χ4v) is 7.57. The predicted molar refractivity (Wildman–Crippen MR) is 189 cm³/mol. The minimum Gasteiger partial charge on any atom is -0.289 e. The number of carbonyl (C=O) groups excluding carboxylic acids is 1. The SMILES string of the molecule is C=C1CCC(/C=C2\CC=Nc3cc(-c4ccc(C(=O)C=C5CCCCC5)cc4C)ccc3C2)CCC1c1ncc(CC)cc1C. The first-order valence-corrected chi connectivity index (χ1v) is 17.2. The zero-order valence-electron chi connectivity index (χ0n) is 27.5. The first-order valence-electron chi connectivity index (χ1n) is 17.2. The van der Waals surface area contributed by atoms with Gasteiger partial charge >= 0.3 is 0 Å². The summed E-state index contributed by atoms with van der Waals surface area (Å²) in [6, 6.07) is 15.2. The molecule has 2 saturated carbocycles. The fourth-order valence-electron chi connectivity index (χ4n) is 7.57. The summed E-state index contributed by atoms with van der Waals surface area (Å²) >= 11 is 0. The molecule has 0 spiro atoms. The molecular formula is C42H48N2O. The molecule has 0 N–H and O–H groups in total. The topological polar surface area (TPSA) is 42.3 Å². The Morgan fingerprint density at radius 2 is 1.78 bits per heavy atom. The lowest BCUT2D eigenvalue weighted by Gasteiger charge is -2.19. The Morgan fingerprint density at radius 1 is 0.933 bits per heavy atom. The van der Waals surface area contributed by atoms with Gasteiger partial charge in [0.2, 0.25) is 0 Å². The molecule has 2 fully saturated rings. The van der Waals surface area contributed by atoms with Gasteiger partial charge in [0.25, 0.3) is 0 Å². The predicted octanol–water partition coefficient (Wildman–Crippen LogP) is 11.1. The van der Waals surface area contributed by atoms with Crippen LogP contribution in [-0.2, 0) is 12.8 Å². The Bertz CT molecular complexity index is 1680. The second kappa shape index (κ2) is 14.1. The number of pyridine rings is 1. The minimum atomic E-state index is 0.137. The Morgan fingerprint density at radius 3 is 2.56 bits per heavy atom.